The summed E-state index contributed by atoms with van der Waals surface area (Å²) in [5.41, 5.74) is 2.24. The van der Waals surface area contributed by atoms with Crippen LogP contribution in [0.3, 0.4) is 0 Å². The SMILES string of the molecule is CN(C)CCN(c1ccc2nc[nH]c2c1)S(=O)(=O)c1ccccc1. The first-order chi connectivity index (χ1) is 11.5. The molecule has 0 aliphatic heterocycles. The van der Waals surface area contributed by atoms with Crippen molar-refractivity contribution in [2.45, 2.75) is 4.90 Å². The highest BCUT2D eigenvalue weighted by Crippen LogP contribution is 2.26. The molecule has 0 saturated heterocycles. The van der Waals surface area contributed by atoms with E-state index in [1.807, 2.05) is 31.1 Å². The largest absolute Gasteiger partial charge is 0.345 e. The molecule has 1 aromatic heterocycles. The Kier molecular flexibility index (Phi) is 4.55. The van der Waals surface area contributed by atoms with Gasteiger partial charge in [0.1, 0.15) is 0 Å². The number of aromatic nitrogens is 2. The van der Waals surface area contributed by atoms with Crippen LogP contribution < -0.4 is 4.31 Å². The standard InChI is InChI=1S/C17H20N4O2S/c1-20(2)10-11-21(24(22,23)15-6-4-3-5-7-15)14-8-9-16-17(12-14)19-13-18-16/h3-9,12-13H,10-11H2,1-2H3,(H,18,19). The van der Waals surface area contributed by atoms with Crippen molar-refractivity contribution in [1.29, 1.82) is 0 Å². The van der Waals surface area contributed by atoms with Crippen LogP contribution in [0, 0.1) is 0 Å². The number of hydrogen-bond donors (Lipinski definition) is 1. The van der Waals surface area contributed by atoms with Gasteiger partial charge in [-0.25, -0.2) is 13.4 Å². The first-order valence-corrected chi connectivity index (χ1v) is 9.08. The molecule has 0 amide bonds. The van der Waals surface area contributed by atoms with Gasteiger partial charge in [0.25, 0.3) is 10.0 Å². The molecule has 0 atom stereocenters. The number of H-pyrrole nitrogens is 1. The van der Waals surface area contributed by atoms with Crippen molar-refractivity contribution in [3.8, 4) is 0 Å². The zero-order valence-corrected chi connectivity index (χ0v) is 14.5. The lowest BCUT2D eigenvalue weighted by Gasteiger charge is -2.26. The van der Waals surface area contributed by atoms with Gasteiger partial charge >= 0.3 is 0 Å². The van der Waals surface area contributed by atoms with Gasteiger partial charge in [0.05, 0.1) is 27.9 Å². The summed E-state index contributed by atoms with van der Waals surface area (Å²) in [7, 11) is 0.215. The number of likely N-dealkylation sites (N-methyl/N-ethyl adjacent to an activating group) is 1. The summed E-state index contributed by atoms with van der Waals surface area (Å²) in [5, 5.41) is 0. The molecule has 126 valence electrons. The second-order valence-corrected chi connectivity index (χ2v) is 7.66. The predicted octanol–water partition coefficient (Wildman–Crippen LogP) is 2.32. The third-order valence-corrected chi connectivity index (χ3v) is 5.61. The minimum absolute atomic E-state index is 0.286. The van der Waals surface area contributed by atoms with E-state index in [9.17, 15) is 8.42 Å². The number of aromatic amines is 1. The molecule has 24 heavy (non-hydrogen) atoms. The fraction of sp³-hybridized carbons (Fsp3) is 0.235. The topological polar surface area (TPSA) is 69.3 Å². The average Bonchev–Trinajstić information content (AvgIpc) is 3.03. The van der Waals surface area contributed by atoms with Crippen LogP contribution in [0.5, 0.6) is 0 Å². The third kappa shape index (κ3) is 3.27. The summed E-state index contributed by atoms with van der Waals surface area (Å²) >= 11 is 0. The molecule has 0 saturated carbocycles. The molecule has 1 N–H and O–H groups in total. The van der Waals surface area contributed by atoms with Crippen molar-refractivity contribution in [1.82, 2.24) is 14.9 Å². The molecule has 2 aromatic carbocycles. The highest BCUT2D eigenvalue weighted by Gasteiger charge is 2.25. The number of nitrogens with one attached hydrogen (secondary N) is 1. The number of nitrogens with zero attached hydrogens (tertiary/aromatic N) is 3. The lowest BCUT2D eigenvalue weighted by atomic mass is 10.3. The molecule has 0 spiro atoms. The van der Waals surface area contributed by atoms with Crippen LogP contribution in [-0.4, -0.2) is 50.5 Å². The van der Waals surface area contributed by atoms with E-state index in [1.54, 1.807) is 42.7 Å². The maximum absolute atomic E-state index is 13.1. The van der Waals surface area contributed by atoms with Gasteiger partial charge in [-0.15, -0.1) is 0 Å². The molecule has 0 aliphatic rings. The summed E-state index contributed by atoms with van der Waals surface area (Å²) in [6, 6.07) is 13.9. The van der Waals surface area contributed by atoms with Gasteiger partial charge in [-0.05, 0) is 44.4 Å². The molecule has 0 fully saturated rings. The summed E-state index contributed by atoms with van der Waals surface area (Å²) in [6.07, 6.45) is 1.60. The number of hydrogen-bond acceptors (Lipinski definition) is 4. The Morgan fingerprint density at radius 3 is 2.50 bits per heavy atom. The van der Waals surface area contributed by atoms with Crippen molar-refractivity contribution in [2.24, 2.45) is 0 Å². The average molecular weight is 344 g/mol. The van der Waals surface area contributed by atoms with E-state index in [0.717, 1.165) is 11.0 Å². The molecule has 6 nitrogen and oxygen atoms in total. The van der Waals surface area contributed by atoms with Crippen LogP contribution in [0.4, 0.5) is 5.69 Å². The Hall–Kier alpha value is -2.38. The Morgan fingerprint density at radius 1 is 1.04 bits per heavy atom. The minimum atomic E-state index is -3.63. The number of imidazole rings is 1. The van der Waals surface area contributed by atoms with Crippen LogP contribution in [0.1, 0.15) is 0 Å². The van der Waals surface area contributed by atoms with Crippen molar-refractivity contribution in [3.63, 3.8) is 0 Å². The van der Waals surface area contributed by atoms with Crippen molar-refractivity contribution in [3.05, 3.63) is 54.9 Å². The van der Waals surface area contributed by atoms with Crippen LogP contribution in [-0.2, 0) is 10.0 Å². The molecular weight excluding hydrogens is 324 g/mol. The molecule has 3 aromatic rings. The second kappa shape index (κ2) is 6.62. The fourth-order valence-electron chi connectivity index (χ4n) is 2.48. The van der Waals surface area contributed by atoms with Gasteiger partial charge in [-0.3, -0.25) is 4.31 Å². The predicted molar refractivity (Wildman–Crippen MR) is 95.6 cm³/mol. The highest BCUT2D eigenvalue weighted by molar-refractivity contribution is 7.92. The zero-order chi connectivity index (χ0) is 17.2. The van der Waals surface area contributed by atoms with Gasteiger partial charge in [0.15, 0.2) is 0 Å². The van der Waals surface area contributed by atoms with Crippen LogP contribution in [0.15, 0.2) is 59.8 Å². The Bertz CT molecular complexity index is 920. The maximum Gasteiger partial charge on any atom is 0.264 e. The molecular formula is C17H20N4O2S. The summed E-state index contributed by atoms with van der Waals surface area (Å²) in [5.74, 6) is 0. The van der Waals surface area contributed by atoms with Crippen LogP contribution >= 0.6 is 0 Å². The number of anilines is 1. The molecule has 0 radical (unpaired) electrons. The molecule has 0 unspecified atom stereocenters. The minimum Gasteiger partial charge on any atom is -0.345 e. The Labute approximate surface area is 141 Å². The Morgan fingerprint density at radius 2 is 1.79 bits per heavy atom. The first kappa shape index (κ1) is 16.5. The lowest BCUT2D eigenvalue weighted by molar-refractivity contribution is 0.419. The van der Waals surface area contributed by atoms with Gasteiger partial charge in [-0.1, -0.05) is 18.2 Å². The van der Waals surface area contributed by atoms with Crippen molar-refractivity contribution < 1.29 is 8.42 Å². The molecule has 1 heterocycles. The second-order valence-electron chi connectivity index (χ2n) is 5.80. The highest BCUT2D eigenvalue weighted by atomic mass is 32.2. The maximum atomic E-state index is 13.1. The fourth-order valence-corrected chi connectivity index (χ4v) is 3.95. The summed E-state index contributed by atoms with van der Waals surface area (Å²) in [4.78, 5) is 9.46. The number of benzene rings is 2. The van der Waals surface area contributed by atoms with E-state index in [-0.39, 0.29) is 4.90 Å². The third-order valence-electron chi connectivity index (χ3n) is 3.77. The quantitative estimate of drug-likeness (QED) is 0.745. The van der Waals surface area contributed by atoms with E-state index in [0.29, 0.717) is 18.8 Å². The summed E-state index contributed by atoms with van der Waals surface area (Å²) in [6.45, 7) is 0.983. The molecule has 0 bridgehead atoms. The van der Waals surface area contributed by atoms with Gasteiger partial charge in [0, 0.05) is 13.1 Å². The van der Waals surface area contributed by atoms with E-state index in [2.05, 4.69) is 9.97 Å². The van der Waals surface area contributed by atoms with Crippen LogP contribution in [0.2, 0.25) is 0 Å². The normalized spacial score (nSPS) is 12.0. The van der Waals surface area contributed by atoms with E-state index in [1.165, 1.54) is 4.31 Å². The summed E-state index contributed by atoms with van der Waals surface area (Å²) < 4.78 is 27.6. The molecule has 3 rings (SSSR count). The van der Waals surface area contributed by atoms with E-state index in [4.69, 9.17) is 0 Å². The van der Waals surface area contributed by atoms with Crippen molar-refractivity contribution in [2.75, 3.05) is 31.5 Å². The lowest BCUT2D eigenvalue weighted by Crippen LogP contribution is -2.36. The van der Waals surface area contributed by atoms with Crippen molar-refractivity contribution >= 4 is 26.7 Å². The van der Waals surface area contributed by atoms with Crippen LogP contribution in [0.25, 0.3) is 11.0 Å². The number of fused-ring (bicyclic) bond motifs is 1. The number of sulfonamides is 1. The van der Waals surface area contributed by atoms with Gasteiger partial charge in [-0.2, -0.15) is 0 Å². The monoisotopic (exact) mass is 344 g/mol. The smallest absolute Gasteiger partial charge is 0.264 e. The van der Waals surface area contributed by atoms with Gasteiger partial charge in [0.2, 0.25) is 0 Å². The first-order valence-electron chi connectivity index (χ1n) is 7.64. The number of rotatable bonds is 6. The van der Waals surface area contributed by atoms with Gasteiger partial charge < -0.3 is 9.88 Å². The molecule has 7 heteroatoms. The molecule has 0 aliphatic carbocycles. The van der Waals surface area contributed by atoms with E-state index >= 15 is 0 Å². The Balaban J connectivity index is 2.05. The van der Waals surface area contributed by atoms with E-state index < -0.39 is 10.0 Å². The zero-order valence-electron chi connectivity index (χ0n) is 13.7.